The summed E-state index contributed by atoms with van der Waals surface area (Å²) in [5.74, 6) is 1.31. The number of amides is 1. The van der Waals surface area contributed by atoms with Crippen LogP contribution >= 0.6 is 0 Å². The summed E-state index contributed by atoms with van der Waals surface area (Å²) in [5, 5.41) is 4.40. The van der Waals surface area contributed by atoms with Crippen LogP contribution in [-0.4, -0.2) is 59.7 Å². The number of nitrogens with zero attached hydrogens (tertiary/aromatic N) is 4. The van der Waals surface area contributed by atoms with Gasteiger partial charge in [0.1, 0.15) is 12.4 Å². The van der Waals surface area contributed by atoms with E-state index in [-0.39, 0.29) is 11.9 Å². The highest BCUT2D eigenvalue weighted by atomic mass is 16.7. The minimum atomic E-state index is 0.175. The van der Waals surface area contributed by atoms with Crippen LogP contribution in [0.3, 0.4) is 0 Å². The van der Waals surface area contributed by atoms with Crippen LogP contribution in [-0.2, 0) is 27.2 Å². The molecule has 216 valence electrons. The first kappa shape index (κ1) is 29.8. The number of rotatable bonds is 15. The van der Waals surface area contributed by atoms with Crippen molar-refractivity contribution in [1.82, 2.24) is 14.7 Å². The first-order chi connectivity index (χ1) is 19.6. The molecule has 40 heavy (non-hydrogen) atoms. The molecule has 7 nitrogen and oxygen atoms in total. The maximum atomic E-state index is 13.9. The Morgan fingerprint density at radius 1 is 1.23 bits per heavy atom. The molecule has 0 spiro atoms. The van der Waals surface area contributed by atoms with Crippen LogP contribution in [0.2, 0.25) is 0 Å². The van der Waals surface area contributed by atoms with Crippen molar-refractivity contribution < 1.29 is 14.3 Å². The number of benzene rings is 1. The third kappa shape index (κ3) is 8.42. The van der Waals surface area contributed by atoms with Gasteiger partial charge in [0.25, 0.3) is 0 Å². The molecule has 2 fully saturated rings. The van der Waals surface area contributed by atoms with Crippen LogP contribution in [0.15, 0.2) is 78.9 Å². The summed E-state index contributed by atoms with van der Waals surface area (Å²) >= 11 is 0. The molecule has 2 unspecified atom stereocenters. The molecule has 2 aromatic rings. The summed E-state index contributed by atoms with van der Waals surface area (Å²) < 4.78 is 12.8. The molecule has 0 N–H and O–H groups in total. The fourth-order valence-electron chi connectivity index (χ4n) is 5.63. The van der Waals surface area contributed by atoms with Gasteiger partial charge in [-0.25, -0.2) is 0 Å². The number of hydrogen-bond donors (Lipinski definition) is 0. The zero-order valence-electron chi connectivity index (χ0n) is 24.3. The molecule has 2 aliphatic rings. The Hall–Kier alpha value is -3.16. The molecule has 1 aromatic heterocycles. The van der Waals surface area contributed by atoms with Crippen molar-refractivity contribution in [2.45, 2.75) is 71.4 Å². The van der Waals surface area contributed by atoms with Gasteiger partial charge in [0.15, 0.2) is 6.79 Å². The lowest BCUT2D eigenvalue weighted by molar-refractivity contribution is -0.120. The highest BCUT2D eigenvalue weighted by molar-refractivity contribution is 5.95. The number of unbranched alkanes of at least 4 members (excludes halogenated alkanes) is 2. The van der Waals surface area contributed by atoms with Crippen molar-refractivity contribution in [2.24, 2.45) is 5.92 Å². The minimum absolute atomic E-state index is 0.175. The standard InChI is InChI=1S/C33H46N4O3/c1-4-7-11-27-12-9-13-31(21-27)37(19-8-5-2)33(38)24-35-23-29(22-30(35)16-20-36-18-10-17-34-36)28(6-3)14-15-32-25-39-26-40-32/h6,9-10,12-15,17-18,21,29-30H,3-5,7-8,11,16,19-20,22-26H2,1-2H3/b28-14+,32-15+. The Bertz CT molecular complexity index is 1130. The first-order valence-electron chi connectivity index (χ1n) is 15.0. The lowest BCUT2D eigenvalue weighted by Gasteiger charge is -2.29. The van der Waals surface area contributed by atoms with E-state index in [9.17, 15) is 4.79 Å². The fraction of sp³-hybridized carbons (Fsp3) is 0.515. The Kier molecular flexibility index (Phi) is 11.6. The quantitative estimate of drug-likeness (QED) is 0.251. The molecular formula is C33H46N4O3. The third-order valence-corrected chi connectivity index (χ3v) is 7.94. The van der Waals surface area contributed by atoms with E-state index in [4.69, 9.17) is 9.47 Å². The summed E-state index contributed by atoms with van der Waals surface area (Å²) in [6, 6.07) is 10.8. The number of ether oxygens (including phenoxy) is 2. The van der Waals surface area contributed by atoms with Crippen molar-refractivity contribution in [2.75, 3.05) is 37.9 Å². The molecule has 2 aliphatic heterocycles. The number of carbonyl (C=O) groups excluding carboxylic acids is 1. The first-order valence-corrected chi connectivity index (χ1v) is 15.0. The van der Waals surface area contributed by atoms with E-state index in [0.717, 1.165) is 76.0 Å². The smallest absolute Gasteiger partial charge is 0.241 e. The summed E-state index contributed by atoms with van der Waals surface area (Å²) in [7, 11) is 0. The van der Waals surface area contributed by atoms with Crippen molar-refractivity contribution in [3.8, 4) is 0 Å². The van der Waals surface area contributed by atoms with Crippen molar-refractivity contribution in [3.05, 3.63) is 84.4 Å². The Morgan fingerprint density at radius 2 is 2.10 bits per heavy atom. The summed E-state index contributed by atoms with van der Waals surface area (Å²) in [5.41, 5.74) is 3.50. The third-order valence-electron chi connectivity index (χ3n) is 7.94. The zero-order chi connectivity index (χ0) is 28.2. The zero-order valence-corrected chi connectivity index (χ0v) is 24.3. The average Bonchev–Trinajstić information content (AvgIpc) is 3.75. The van der Waals surface area contributed by atoms with Crippen molar-refractivity contribution >= 4 is 11.6 Å². The number of anilines is 1. The van der Waals surface area contributed by atoms with Gasteiger partial charge in [-0.3, -0.25) is 14.4 Å². The van der Waals surface area contributed by atoms with Gasteiger partial charge in [0.05, 0.1) is 6.54 Å². The van der Waals surface area contributed by atoms with Crippen molar-refractivity contribution in [1.29, 1.82) is 0 Å². The Labute approximate surface area is 240 Å². The molecule has 4 rings (SSSR count). The highest BCUT2D eigenvalue weighted by Gasteiger charge is 2.35. The van der Waals surface area contributed by atoms with Gasteiger partial charge >= 0.3 is 0 Å². The number of carbonyl (C=O) groups is 1. The van der Waals surface area contributed by atoms with Gasteiger partial charge in [-0.05, 0) is 73.4 Å². The SMILES string of the molecule is C=C/C(=C\C=C1/COCO1)C1CC(CCn2cccn2)N(CC(=O)N(CCCC)c2cccc(CCCC)c2)C1. The molecule has 0 aliphatic carbocycles. The lowest BCUT2D eigenvalue weighted by atomic mass is 9.94. The predicted molar refractivity (Wildman–Crippen MR) is 161 cm³/mol. The fourth-order valence-corrected chi connectivity index (χ4v) is 5.63. The van der Waals surface area contributed by atoms with E-state index in [0.29, 0.717) is 25.9 Å². The second kappa shape index (κ2) is 15.6. The highest BCUT2D eigenvalue weighted by Crippen LogP contribution is 2.32. The normalized spacial score (nSPS) is 20.6. The van der Waals surface area contributed by atoms with Gasteiger partial charge < -0.3 is 14.4 Å². The lowest BCUT2D eigenvalue weighted by Crippen LogP contribution is -2.43. The average molecular weight is 547 g/mol. The molecular weight excluding hydrogens is 500 g/mol. The van der Waals surface area contributed by atoms with E-state index in [1.807, 2.05) is 40.2 Å². The van der Waals surface area contributed by atoms with Gasteiger partial charge in [-0.2, -0.15) is 5.10 Å². The minimum Gasteiger partial charge on any atom is -0.469 e. The van der Waals surface area contributed by atoms with E-state index in [1.54, 1.807) is 0 Å². The van der Waals surface area contributed by atoms with Gasteiger partial charge in [-0.15, -0.1) is 0 Å². The number of aromatic nitrogens is 2. The monoisotopic (exact) mass is 546 g/mol. The topological polar surface area (TPSA) is 59.8 Å². The van der Waals surface area contributed by atoms with Crippen LogP contribution in [0.1, 0.15) is 57.9 Å². The molecule has 1 amide bonds. The van der Waals surface area contributed by atoms with Gasteiger partial charge in [-0.1, -0.05) is 57.6 Å². The summed E-state index contributed by atoms with van der Waals surface area (Å²) in [4.78, 5) is 18.3. The van der Waals surface area contributed by atoms with Gasteiger partial charge in [0, 0.05) is 43.8 Å². The van der Waals surface area contributed by atoms with Crippen LogP contribution in [0.4, 0.5) is 5.69 Å². The second-order valence-corrected chi connectivity index (χ2v) is 10.9. The molecule has 0 radical (unpaired) electrons. The number of allylic oxidation sites excluding steroid dienone is 3. The number of hydrogen-bond acceptors (Lipinski definition) is 5. The van der Waals surface area contributed by atoms with Crippen LogP contribution in [0.25, 0.3) is 0 Å². The molecule has 3 heterocycles. The predicted octanol–water partition coefficient (Wildman–Crippen LogP) is 6.14. The van der Waals surface area contributed by atoms with Gasteiger partial charge in [0.2, 0.25) is 5.91 Å². The molecule has 0 saturated carbocycles. The maximum Gasteiger partial charge on any atom is 0.241 e. The van der Waals surface area contributed by atoms with Crippen LogP contribution < -0.4 is 4.90 Å². The van der Waals surface area contributed by atoms with E-state index in [2.05, 4.69) is 60.8 Å². The molecule has 2 atom stereocenters. The molecule has 0 bridgehead atoms. The Morgan fingerprint density at radius 3 is 2.83 bits per heavy atom. The Balaban J connectivity index is 1.51. The van der Waals surface area contributed by atoms with E-state index >= 15 is 0 Å². The summed E-state index contributed by atoms with van der Waals surface area (Å²) in [6.45, 7) is 12.1. The molecule has 1 aromatic carbocycles. The molecule has 2 saturated heterocycles. The van der Waals surface area contributed by atoms with E-state index in [1.165, 1.54) is 11.1 Å². The van der Waals surface area contributed by atoms with Crippen LogP contribution in [0, 0.1) is 5.92 Å². The van der Waals surface area contributed by atoms with Crippen LogP contribution in [0.5, 0.6) is 0 Å². The van der Waals surface area contributed by atoms with Crippen molar-refractivity contribution in [3.63, 3.8) is 0 Å². The number of aryl methyl sites for hydroxylation is 2. The maximum absolute atomic E-state index is 13.9. The summed E-state index contributed by atoms with van der Waals surface area (Å²) in [6.07, 6.45) is 17.2. The second-order valence-electron chi connectivity index (χ2n) is 10.9. The molecule has 7 heteroatoms. The largest absolute Gasteiger partial charge is 0.469 e. The number of likely N-dealkylation sites (tertiary alicyclic amines) is 1. The van der Waals surface area contributed by atoms with E-state index < -0.39 is 0 Å².